The Labute approximate surface area is 75.2 Å². The second kappa shape index (κ2) is 9.11. The molecule has 0 aliphatic heterocycles. The van der Waals surface area contributed by atoms with Crippen molar-refractivity contribution in [2.45, 2.75) is 19.3 Å². The first-order chi connectivity index (χ1) is 4.41. The zero-order valence-corrected chi connectivity index (χ0v) is 9.40. The second-order valence-electron chi connectivity index (χ2n) is 1.90. The van der Waals surface area contributed by atoms with Crippen molar-refractivity contribution in [1.82, 2.24) is 0 Å². The Hall–Kier alpha value is 1.11. The fourth-order valence-electron chi connectivity index (χ4n) is 0.597. The minimum atomic E-state index is 0.864. The molecule has 0 aromatic rings. The van der Waals surface area contributed by atoms with E-state index in [0.29, 0.717) is 0 Å². The number of rotatable bonds is 6. The monoisotopic (exact) mass is 252 g/mol. The Bertz CT molecular complexity index is 46.3. The van der Waals surface area contributed by atoms with Gasteiger partial charge in [0.1, 0.15) is 0 Å². The molecule has 0 fully saturated rings. The summed E-state index contributed by atoms with van der Waals surface area (Å²) in [7, 11) is 0. The Morgan fingerprint density at radius 3 is 2.56 bits per heavy atom. The van der Waals surface area contributed by atoms with Gasteiger partial charge in [0.25, 0.3) is 0 Å². The predicted octanol–water partition coefficient (Wildman–Crippen LogP) is 0.975. The van der Waals surface area contributed by atoms with E-state index in [9.17, 15) is 0 Å². The Kier molecular flexibility index (Phi) is 10.2. The van der Waals surface area contributed by atoms with Crippen molar-refractivity contribution in [2.24, 2.45) is 5.73 Å². The van der Waals surface area contributed by atoms with Crippen molar-refractivity contribution >= 4 is 34.3 Å². The molecule has 0 saturated carbocycles. The van der Waals surface area contributed by atoms with E-state index in [-0.39, 0.29) is 0 Å². The summed E-state index contributed by atoms with van der Waals surface area (Å²) in [6.07, 6.45) is 3.88. The molecule has 1 nitrogen and oxygen atoms in total. The summed E-state index contributed by atoms with van der Waals surface area (Å²) in [5.41, 5.74) is 5.34. The fourth-order valence-corrected chi connectivity index (χ4v) is 2.39. The van der Waals surface area contributed by atoms with Crippen molar-refractivity contribution in [3.05, 3.63) is 0 Å². The third-order valence-electron chi connectivity index (χ3n) is 1.09. The summed E-state index contributed by atoms with van der Waals surface area (Å²) in [4.78, 5) is 0. The number of hydrogen-bond donors (Lipinski definition) is 1. The average Bonchev–Trinajstić information content (AvgIpc) is 1.89. The third kappa shape index (κ3) is 9.11. The molecule has 53 valence electrons. The Morgan fingerprint density at radius 1 is 1.22 bits per heavy atom. The van der Waals surface area contributed by atoms with Gasteiger partial charge in [0.2, 0.25) is 0 Å². The number of hydrogen-bond acceptors (Lipinski definition) is 2. The standard InChI is InChI=1S/C6H14NS.Sn/c1-8-6-4-2-3-5-7;/h1-7H2;. The summed E-state index contributed by atoms with van der Waals surface area (Å²) < 4.78 is 1.34. The van der Waals surface area contributed by atoms with E-state index in [1.54, 1.807) is 22.5 Å². The van der Waals surface area contributed by atoms with E-state index in [1.165, 1.54) is 28.8 Å². The van der Waals surface area contributed by atoms with E-state index < -0.39 is 0 Å². The SMILES string of the molecule is NCCCCCS[CH2][Sn]. The molecule has 0 unspecified atom stereocenters. The molecule has 0 amide bonds. The topological polar surface area (TPSA) is 26.0 Å². The molecule has 0 atom stereocenters. The molecule has 0 spiro atoms. The van der Waals surface area contributed by atoms with Gasteiger partial charge in [-0.1, -0.05) is 0 Å². The molecule has 0 aromatic carbocycles. The molecular formula is C6H14NSSn. The molecule has 3 heteroatoms. The zero-order chi connectivity index (χ0) is 6.95. The van der Waals surface area contributed by atoms with E-state index in [1.807, 2.05) is 0 Å². The molecule has 0 aromatic heterocycles. The van der Waals surface area contributed by atoms with Crippen LogP contribution in [0.5, 0.6) is 0 Å². The van der Waals surface area contributed by atoms with Crippen molar-refractivity contribution in [1.29, 1.82) is 0 Å². The molecule has 0 aliphatic carbocycles. The fraction of sp³-hybridized carbons (Fsp3) is 1.00. The van der Waals surface area contributed by atoms with Crippen LogP contribution in [-0.2, 0) is 0 Å². The predicted molar refractivity (Wildman–Crippen MR) is 46.0 cm³/mol. The van der Waals surface area contributed by atoms with Gasteiger partial charge in [-0.05, 0) is 0 Å². The van der Waals surface area contributed by atoms with Crippen LogP contribution in [0.15, 0.2) is 0 Å². The van der Waals surface area contributed by atoms with E-state index in [2.05, 4.69) is 11.8 Å². The zero-order valence-electron chi connectivity index (χ0n) is 5.73. The van der Waals surface area contributed by atoms with Gasteiger partial charge in [-0.15, -0.1) is 0 Å². The van der Waals surface area contributed by atoms with Gasteiger partial charge in [0.05, 0.1) is 0 Å². The van der Waals surface area contributed by atoms with Crippen LogP contribution in [0.4, 0.5) is 0 Å². The summed E-state index contributed by atoms with van der Waals surface area (Å²) in [6, 6.07) is 0. The van der Waals surface area contributed by atoms with Gasteiger partial charge in [0.15, 0.2) is 0 Å². The summed E-state index contributed by atoms with van der Waals surface area (Å²) >= 11 is 3.71. The van der Waals surface area contributed by atoms with Crippen LogP contribution in [0.1, 0.15) is 19.3 Å². The van der Waals surface area contributed by atoms with Crippen LogP contribution in [0.2, 0.25) is 0 Å². The molecule has 0 saturated heterocycles. The first kappa shape index (κ1) is 10.1. The first-order valence-corrected chi connectivity index (χ1v) is 6.51. The van der Waals surface area contributed by atoms with E-state index in [0.717, 1.165) is 6.54 Å². The van der Waals surface area contributed by atoms with Gasteiger partial charge in [0, 0.05) is 0 Å². The Balaban J connectivity index is 2.60. The average molecular weight is 251 g/mol. The van der Waals surface area contributed by atoms with E-state index >= 15 is 0 Å². The van der Waals surface area contributed by atoms with Crippen molar-refractivity contribution in [2.75, 3.05) is 16.1 Å². The van der Waals surface area contributed by atoms with Crippen LogP contribution >= 0.6 is 11.8 Å². The number of nitrogens with two attached hydrogens (primary N) is 1. The van der Waals surface area contributed by atoms with Gasteiger partial charge in [-0.25, -0.2) is 0 Å². The summed E-state index contributed by atoms with van der Waals surface area (Å²) in [5, 5.41) is 0. The molecule has 0 aliphatic rings. The Morgan fingerprint density at radius 2 is 2.00 bits per heavy atom. The van der Waals surface area contributed by atoms with Gasteiger partial charge in [-0.2, -0.15) is 0 Å². The van der Waals surface area contributed by atoms with Crippen LogP contribution in [0, 0.1) is 0 Å². The quantitative estimate of drug-likeness (QED) is 0.562. The normalized spacial score (nSPS) is 10.0. The minimum absolute atomic E-state index is 0.864. The summed E-state index contributed by atoms with van der Waals surface area (Å²) in [5.74, 6) is 1.34. The number of thioether (sulfide) groups is 1. The van der Waals surface area contributed by atoms with Gasteiger partial charge < -0.3 is 0 Å². The van der Waals surface area contributed by atoms with Crippen LogP contribution < -0.4 is 5.73 Å². The molecule has 3 radical (unpaired) electrons. The van der Waals surface area contributed by atoms with Crippen LogP contribution in [0.3, 0.4) is 0 Å². The van der Waals surface area contributed by atoms with E-state index in [4.69, 9.17) is 5.73 Å². The van der Waals surface area contributed by atoms with Crippen molar-refractivity contribution in [3.63, 3.8) is 0 Å². The third-order valence-corrected chi connectivity index (χ3v) is 3.62. The first-order valence-electron chi connectivity index (χ1n) is 3.34. The second-order valence-corrected chi connectivity index (χ2v) is 5.48. The molecule has 2 N–H and O–H groups in total. The molecule has 0 heterocycles. The van der Waals surface area contributed by atoms with Crippen LogP contribution in [-0.4, -0.2) is 38.6 Å². The van der Waals surface area contributed by atoms with Crippen molar-refractivity contribution < 1.29 is 0 Å². The van der Waals surface area contributed by atoms with Crippen LogP contribution in [0.25, 0.3) is 0 Å². The molecular weight excluding hydrogens is 237 g/mol. The molecule has 0 bridgehead atoms. The summed E-state index contributed by atoms with van der Waals surface area (Å²) in [6.45, 7) is 0.864. The molecule has 0 rings (SSSR count). The van der Waals surface area contributed by atoms with Crippen molar-refractivity contribution in [3.8, 4) is 0 Å². The van der Waals surface area contributed by atoms with Gasteiger partial charge in [-0.3, -0.25) is 0 Å². The maximum atomic E-state index is 5.34. The molecule has 9 heavy (non-hydrogen) atoms. The van der Waals surface area contributed by atoms with Gasteiger partial charge >= 0.3 is 75.3 Å². The number of unbranched alkanes of at least 4 members (excludes halogenated alkanes) is 2. The maximum absolute atomic E-state index is 5.34.